The molecule has 0 amide bonds. The molecule has 1 aromatic rings. The first-order chi connectivity index (χ1) is 6.79. The van der Waals surface area contributed by atoms with Gasteiger partial charge in [0.05, 0.1) is 12.6 Å². The third-order valence-corrected chi connectivity index (χ3v) is 1.66. The van der Waals surface area contributed by atoms with E-state index in [1.807, 2.05) is 30.3 Å². The Kier molecular flexibility index (Phi) is 4.77. The average molecular weight is 189 g/mol. The molecule has 1 aromatic carbocycles. The van der Waals surface area contributed by atoms with Crippen molar-refractivity contribution in [3.63, 3.8) is 0 Å². The summed E-state index contributed by atoms with van der Waals surface area (Å²) in [5.41, 5.74) is 1.02. The van der Waals surface area contributed by atoms with Gasteiger partial charge in [0.2, 0.25) is 0 Å². The second-order valence-electron chi connectivity index (χ2n) is 3.15. The van der Waals surface area contributed by atoms with E-state index < -0.39 is 0 Å². The maximum absolute atomic E-state index is 8.96. The van der Waals surface area contributed by atoms with Crippen molar-refractivity contribution in [2.24, 2.45) is 0 Å². The summed E-state index contributed by atoms with van der Waals surface area (Å²) in [5, 5.41) is 12.0. The van der Waals surface area contributed by atoms with Crippen molar-refractivity contribution in [1.29, 1.82) is 0 Å². The molecule has 0 aliphatic carbocycles. The molecule has 0 spiro atoms. The number of benzene rings is 1. The number of aliphatic hydroxyl groups excluding tert-OH is 1. The highest BCUT2D eigenvalue weighted by Gasteiger charge is 1.90. The van der Waals surface area contributed by atoms with Gasteiger partial charge in [0.25, 0.3) is 0 Å². The maximum Gasteiger partial charge on any atom is 0.0636 e. The Hall–Kier alpha value is -1.30. The van der Waals surface area contributed by atoms with Gasteiger partial charge in [-0.15, -0.1) is 0 Å². The lowest BCUT2D eigenvalue weighted by Gasteiger charge is -2.01. The lowest BCUT2D eigenvalue weighted by molar-refractivity contribution is 0.193. The summed E-state index contributed by atoms with van der Waals surface area (Å²) >= 11 is 0. The van der Waals surface area contributed by atoms with Crippen LogP contribution >= 0.6 is 0 Å². The van der Waals surface area contributed by atoms with Crippen LogP contribution in [0.2, 0.25) is 0 Å². The lowest BCUT2D eigenvalue weighted by atomic mass is 10.2. The standard InChI is InChI=1S/C12H15NO/c1-11(14)10-13-9-5-8-12-6-3-2-4-7-12/h2-4,6-7,11,13-14H,9-10H2,1H3/t11-/m0/s1. The second kappa shape index (κ2) is 6.20. The number of rotatable bonds is 3. The summed E-state index contributed by atoms with van der Waals surface area (Å²) in [6, 6.07) is 9.85. The summed E-state index contributed by atoms with van der Waals surface area (Å²) in [6.45, 7) is 2.95. The van der Waals surface area contributed by atoms with Crippen LogP contribution in [0, 0.1) is 11.8 Å². The van der Waals surface area contributed by atoms with E-state index in [1.54, 1.807) is 6.92 Å². The van der Waals surface area contributed by atoms with Crippen molar-refractivity contribution in [2.75, 3.05) is 13.1 Å². The lowest BCUT2D eigenvalue weighted by Crippen LogP contribution is -2.24. The van der Waals surface area contributed by atoms with Gasteiger partial charge in [0.1, 0.15) is 0 Å². The number of aliphatic hydroxyl groups is 1. The normalized spacial score (nSPS) is 11.6. The molecule has 0 heterocycles. The van der Waals surface area contributed by atoms with E-state index in [0.717, 1.165) is 5.56 Å². The summed E-state index contributed by atoms with van der Waals surface area (Å²) < 4.78 is 0. The molecule has 2 heteroatoms. The van der Waals surface area contributed by atoms with Crippen LogP contribution in [0.4, 0.5) is 0 Å². The van der Waals surface area contributed by atoms with Gasteiger partial charge in [0.15, 0.2) is 0 Å². The zero-order chi connectivity index (χ0) is 10.2. The van der Waals surface area contributed by atoms with Crippen LogP contribution in [0.3, 0.4) is 0 Å². The Balaban J connectivity index is 2.28. The molecule has 0 aliphatic heterocycles. The van der Waals surface area contributed by atoms with Gasteiger partial charge in [-0.1, -0.05) is 30.0 Å². The highest BCUT2D eigenvalue weighted by molar-refractivity contribution is 5.33. The minimum Gasteiger partial charge on any atom is -0.392 e. The molecule has 0 saturated heterocycles. The van der Waals surface area contributed by atoms with Crippen LogP contribution in [0.25, 0.3) is 0 Å². The van der Waals surface area contributed by atoms with Gasteiger partial charge in [-0.3, -0.25) is 0 Å². The molecule has 0 bridgehead atoms. The van der Waals surface area contributed by atoms with E-state index >= 15 is 0 Å². The van der Waals surface area contributed by atoms with Gasteiger partial charge in [-0.05, 0) is 19.1 Å². The molecule has 0 saturated carbocycles. The predicted molar refractivity (Wildman–Crippen MR) is 57.9 cm³/mol. The Morgan fingerprint density at radius 2 is 2.07 bits per heavy atom. The van der Waals surface area contributed by atoms with E-state index in [4.69, 9.17) is 5.11 Å². The quantitative estimate of drug-likeness (QED) is 0.549. The number of nitrogens with one attached hydrogen (secondary N) is 1. The smallest absolute Gasteiger partial charge is 0.0636 e. The van der Waals surface area contributed by atoms with Gasteiger partial charge in [0, 0.05) is 12.1 Å². The van der Waals surface area contributed by atoms with Crippen LogP contribution in [-0.2, 0) is 0 Å². The Bertz CT molecular complexity index is 308. The van der Waals surface area contributed by atoms with Crippen molar-refractivity contribution in [3.8, 4) is 11.8 Å². The van der Waals surface area contributed by atoms with Gasteiger partial charge < -0.3 is 10.4 Å². The molecule has 2 nitrogen and oxygen atoms in total. The first-order valence-electron chi connectivity index (χ1n) is 4.72. The predicted octanol–water partition coefficient (Wildman–Crippen LogP) is 1.01. The maximum atomic E-state index is 8.96. The van der Waals surface area contributed by atoms with Crippen LogP contribution in [0.5, 0.6) is 0 Å². The van der Waals surface area contributed by atoms with Crippen molar-refractivity contribution >= 4 is 0 Å². The molecule has 0 fully saturated rings. The molecule has 0 unspecified atom stereocenters. The van der Waals surface area contributed by atoms with E-state index in [0.29, 0.717) is 13.1 Å². The van der Waals surface area contributed by atoms with Crippen molar-refractivity contribution in [3.05, 3.63) is 35.9 Å². The first kappa shape index (κ1) is 10.8. The zero-order valence-electron chi connectivity index (χ0n) is 8.33. The van der Waals surface area contributed by atoms with Crippen molar-refractivity contribution < 1.29 is 5.11 Å². The zero-order valence-corrected chi connectivity index (χ0v) is 8.33. The molecular formula is C12H15NO. The second-order valence-corrected chi connectivity index (χ2v) is 3.15. The van der Waals surface area contributed by atoms with E-state index in [9.17, 15) is 0 Å². The number of hydrogen-bond acceptors (Lipinski definition) is 2. The molecular weight excluding hydrogens is 174 g/mol. The summed E-state index contributed by atoms with van der Waals surface area (Å²) in [5.74, 6) is 6.01. The Morgan fingerprint density at radius 1 is 1.36 bits per heavy atom. The third kappa shape index (κ3) is 4.66. The van der Waals surface area contributed by atoms with Crippen LogP contribution in [0.1, 0.15) is 12.5 Å². The molecule has 0 radical (unpaired) electrons. The molecule has 74 valence electrons. The van der Waals surface area contributed by atoms with Crippen molar-refractivity contribution in [1.82, 2.24) is 5.32 Å². The fourth-order valence-electron chi connectivity index (χ4n) is 1.01. The van der Waals surface area contributed by atoms with E-state index in [2.05, 4.69) is 17.2 Å². The van der Waals surface area contributed by atoms with Crippen molar-refractivity contribution in [2.45, 2.75) is 13.0 Å². The molecule has 2 N–H and O–H groups in total. The minimum absolute atomic E-state index is 0.312. The molecule has 0 aliphatic rings. The molecule has 14 heavy (non-hydrogen) atoms. The van der Waals surface area contributed by atoms with Gasteiger partial charge in [-0.25, -0.2) is 0 Å². The summed E-state index contributed by atoms with van der Waals surface area (Å²) in [7, 11) is 0. The first-order valence-corrected chi connectivity index (χ1v) is 4.72. The fraction of sp³-hybridized carbons (Fsp3) is 0.333. The SMILES string of the molecule is C[C@H](O)CNCC#Cc1ccccc1. The molecule has 1 atom stereocenters. The van der Waals surface area contributed by atoms with Crippen LogP contribution in [0.15, 0.2) is 30.3 Å². The van der Waals surface area contributed by atoms with Gasteiger partial charge >= 0.3 is 0 Å². The van der Waals surface area contributed by atoms with E-state index in [1.165, 1.54) is 0 Å². The molecule has 1 rings (SSSR count). The topological polar surface area (TPSA) is 32.3 Å². The van der Waals surface area contributed by atoms with Gasteiger partial charge in [-0.2, -0.15) is 0 Å². The number of hydrogen-bond donors (Lipinski definition) is 2. The van der Waals surface area contributed by atoms with Crippen LogP contribution < -0.4 is 5.32 Å². The molecule has 0 aromatic heterocycles. The van der Waals surface area contributed by atoms with E-state index in [-0.39, 0.29) is 6.10 Å². The minimum atomic E-state index is -0.312. The average Bonchev–Trinajstić information content (AvgIpc) is 2.18. The largest absolute Gasteiger partial charge is 0.392 e. The highest BCUT2D eigenvalue weighted by Crippen LogP contribution is 1.93. The Morgan fingerprint density at radius 3 is 2.71 bits per heavy atom. The Labute approximate surface area is 85.0 Å². The fourth-order valence-corrected chi connectivity index (χ4v) is 1.01. The summed E-state index contributed by atoms with van der Waals surface area (Å²) in [6.07, 6.45) is -0.312. The summed E-state index contributed by atoms with van der Waals surface area (Å²) in [4.78, 5) is 0. The highest BCUT2D eigenvalue weighted by atomic mass is 16.3. The third-order valence-electron chi connectivity index (χ3n) is 1.66. The monoisotopic (exact) mass is 189 g/mol. The van der Waals surface area contributed by atoms with Crippen LogP contribution in [-0.4, -0.2) is 24.3 Å².